The summed E-state index contributed by atoms with van der Waals surface area (Å²) in [6.07, 6.45) is 4.83. The van der Waals surface area contributed by atoms with Gasteiger partial charge in [0.25, 0.3) is 0 Å². The summed E-state index contributed by atoms with van der Waals surface area (Å²) in [5, 5.41) is 8.51. The van der Waals surface area contributed by atoms with E-state index >= 15 is 0 Å². The van der Waals surface area contributed by atoms with Gasteiger partial charge in [-0.1, -0.05) is 0 Å². The zero-order valence-corrected chi connectivity index (χ0v) is 19.2. The highest BCUT2D eigenvalue weighted by Crippen LogP contribution is 2.36. The lowest BCUT2D eigenvalue weighted by Gasteiger charge is -2.22. The summed E-state index contributed by atoms with van der Waals surface area (Å²) in [4.78, 5) is 4.72. The first-order valence-electron chi connectivity index (χ1n) is 11.6. The maximum Gasteiger partial charge on any atom is 0.185 e. The quantitative estimate of drug-likeness (QED) is 0.398. The molecule has 0 aliphatic carbocycles. The molecule has 6 nitrogen and oxygen atoms in total. The smallest absolute Gasteiger partial charge is 0.185 e. The van der Waals surface area contributed by atoms with E-state index in [1.165, 1.54) is 24.2 Å². The fourth-order valence-electron chi connectivity index (χ4n) is 5.33. The fourth-order valence-corrected chi connectivity index (χ4v) is 5.33. The van der Waals surface area contributed by atoms with Crippen LogP contribution in [0, 0.1) is 17.6 Å². The van der Waals surface area contributed by atoms with Crippen LogP contribution in [0.3, 0.4) is 0 Å². The Hall–Kier alpha value is -3.52. The van der Waals surface area contributed by atoms with E-state index in [4.69, 9.17) is 0 Å². The van der Waals surface area contributed by atoms with E-state index in [2.05, 4.69) is 56.9 Å². The van der Waals surface area contributed by atoms with Crippen LogP contribution < -0.4 is 4.90 Å². The Balaban J connectivity index is 1.38. The highest BCUT2D eigenvalue weighted by molar-refractivity contribution is 5.72. The predicted octanol–water partition coefficient (Wildman–Crippen LogP) is 4.43. The monoisotopic (exact) mass is 460 g/mol. The first kappa shape index (κ1) is 21.0. The highest BCUT2D eigenvalue weighted by atomic mass is 19.1. The van der Waals surface area contributed by atoms with Crippen molar-refractivity contribution in [3.63, 3.8) is 0 Å². The number of benzene rings is 2. The molecule has 0 radical (unpaired) electrons. The van der Waals surface area contributed by atoms with Crippen molar-refractivity contribution in [1.82, 2.24) is 24.2 Å². The Morgan fingerprint density at radius 1 is 1.09 bits per heavy atom. The third-order valence-corrected chi connectivity index (χ3v) is 6.85. The molecular formula is C26H26F2N6. The normalized spacial score (nSPS) is 17.0. The number of rotatable bonds is 4. The van der Waals surface area contributed by atoms with Crippen LogP contribution in [-0.2, 0) is 6.54 Å². The summed E-state index contributed by atoms with van der Waals surface area (Å²) in [5.41, 5.74) is 5.32. The molecule has 0 N–H and O–H groups in total. The van der Waals surface area contributed by atoms with Gasteiger partial charge in [0.2, 0.25) is 0 Å². The first-order valence-corrected chi connectivity index (χ1v) is 11.6. The molecular weight excluding hydrogens is 434 g/mol. The lowest BCUT2D eigenvalue weighted by Crippen LogP contribution is -2.25. The Morgan fingerprint density at radius 2 is 1.97 bits per heavy atom. The van der Waals surface area contributed by atoms with Crippen LogP contribution in [-0.4, -0.2) is 58.0 Å². The van der Waals surface area contributed by atoms with Crippen molar-refractivity contribution in [2.24, 2.45) is 5.92 Å². The van der Waals surface area contributed by atoms with Gasteiger partial charge in [0, 0.05) is 55.3 Å². The zero-order chi connectivity index (χ0) is 23.4. The summed E-state index contributed by atoms with van der Waals surface area (Å²) >= 11 is 0. The number of aromatic nitrogens is 4. The lowest BCUT2D eigenvalue weighted by molar-refractivity contribution is 0.340. The van der Waals surface area contributed by atoms with Crippen molar-refractivity contribution < 1.29 is 8.78 Å². The minimum Gasteiger partial charge on any atom is -0.371 e. The summed E-state index contributed by atoms with van der Waals surface area (Å²) in [6.45, 7) is 3.83. The zero-order valence-electron chi connectivity index (χ0n) is 19.2. The van der Waals surface area contributed by atoms with Crippen molar-refractivity contribution in [3.05, 3.63) is 72.2 Å². The Bertz CT molecular complexity index is 1370. The molecule has 0 amide bonds. The number of fused-ring (bicyclic) bond motifs is 5. The largest absolute Gasteiger partial charge is 0.371 e. The molecule has 2 aromatic heterocycles. The molecule has 174 valence electrons. The van der Waals surface area contributed by atoms with E-state index in [1.54, 1.807) is 6.33 Å². The van der Waals surface area contributed by atoms with Crippen molar-refractivity contribution >= 4 is 5.69 Å². The molecule has 0 unspecified atom stereocenters. The number of nitrogens with zero attached hydrogens (tertiary/aromatic N) is 6. The van der Waals surface area contributed by atoms with Gasteiger partial charge in [-0.2, -0.15) is 0 Å². The molecule has 6 rings (SSSR count). The van der Waals surface area contributed by atoms with E-state index in [0.29, 0.717) is 29.4 Å². The number of anilines is 1. The highest BCUT2D eigenvalue weighted by Gasteiger charge is 2.26. The van der Waals surface area contributed by atoms with Gasteiger partial charge in [0.05, 0.1) is 11.4 Å². The summed E-state index contributed by atoms with van der Waals surface area (Å²) < 4.78 is 32.0. The minimum absolute atomic E-state index is 0.367. The summed E-state index contributed by atoms with van der Waals surface area (Å²) in [6, 6.07) is 12.2. The molecule has 0 bridgehead atoms. The van der Waals surface area contributed by atoms with Gasteiger partial charge < -0.3 is 14.4 Å². The summed E-state index contributed by atoms with van der Waals surface area (Å²) in [7, 11) is 4.26. The maximum atomic E-state index is 14.5. The molecule has 1 saturated heterocycles. The van der Waals surface area contributed by atoms with Gasteiger partial charge in [-0.3, -0.25) is 4.57 Å². The Kier molecular flexibility index (Phi) is 4.99. The van der Waals surface area contributed by atoms with Crippen LogP contribution in [0.5, 0.6) is 0 Å². The van der Waals surface area contributed by atoms with E-state index in [9.17, 15) is 8.78 Å². The van der Waals surface area contributed by atoms with Crippen molar-refractivity contribution in [2.75, 3.05) is 38.6 Å². The maximum absolute atomic E-state index is 14.5. The van der Waals surface area contributed by atoms with Crippen molar-refractivity contribution in [2.45, 2.75) is 13.0 Å². The van der Waals surface area contributed by atoms with Crippen LogP contribution in [0.15, 0.2) is 55.0 Å². The third kappa shape index (κ3) is 3.58. The molecule has 2 aromatic carbocycles. The molecule has 34 heavy (non-hydrogen) atoms. The molecule has 8 heteroatoms. The fraction of sp³-hybridized carbons (Fsp3) is 0.308. The number of hydrogen-bond donors (Lipinski definition) is 0. The molecule has 1 fully saturated rings. The van der Waals surface area contributed by atoms with Gasteiger partial charge in [-0.15, -0.1) is 10.2 Å². The number of hydrogen-bond acceptors (Lipinski definition) is 4. The van der Waals surface area contributed by atoms with Crippen molar-refractivity contribution in [3.8, 4) is 28.3 Å². The Labute approximate surface area is 197 Å². The van der Waals surface area contributed by atoms with Crippen LogP contribution in [0.25, 0.3) is 28.3 Å². The topological polar surface area (TPSA) is 42.1 Å². The van der Waals surface area contributed by atoms with Gasteiger partial charge in [-0.05, 0) is 68.4 Å². The standard InChI is InChI=1S/C26H26F2N6/c1-31(2)12-17-7-8-32(13-17)21-4-6-24-19(9-21)15-33-14-18(22-5-3-20(27)11-23(22)28)10-25(33)26-30-29-16-34(24)26/h3-6,9-11,14,16-17H,7-8,12-13,15H2,1-2H3/t17-/m0/s1. The molecule has 4 aromatic rings. The van der Waals surface area contributed by atoms with Crippen LogP contribution >= 0.6 is 0 Å². The van der Waals surface area contributed by atoms with Crippen LogP contribution in [0.4, 0.5) is 14.5 Å². The second-order valence-electron chi connectivity index (χ2n) is 9.57. The molecule has 0 spiro atoms. The first-order chi connectivity index (χ1) is 16.5. The van der Waals surface area contributed by atoms with Crippen LogP contribution in [0.1, 0.15) is 12.0 Å². The van der Waals surface area contributed by atoms with E-state index in [1.807, 2.05) is 16.8 Å². The van der Waals surface area contributed by atoms with Gasteiger partial charge in [-0.25, -0.2) is 8.78 Å². The van der Waals surface area contributed by atoms with Crippen molar-refractivity contribution in [1.29, 1.82) is 0 Å². The second-order valence-corrected chi connectivity index (χ2v) is 9.57. The second kappa shape index (κ2) is 8.06. The molecule has 2 aliphatic heterocycles. The SMILES string of the molecule is CN(C)C[C@@H]1CCN(c2ccc3c(c2)Cn2cc(-c4ccc(F)cc4F)cc2-c2nncn2-3)C1. The van der Waals surface area contributed by atoms with Gasteiger partial charge in [0.1, 0.15) is 18.0 Å². The van der Waals surface area contributed by atoms with Crippen LogP contribution in [0.2, 0.25) is 0 Å². The number of halogens is 2. The Morgan fingerprint density at radius 3 is 2.79 bits per heavy atom. The summed E-state index contributed by atoms with van der Waals surface area (Å²) in [5.74, 6) is 0.208. The molecule has 0 saturated carbocycles. The minimum atomic E-state index is -0.585. The van der Waals surface area contributed by atoms with Gasteiger partial charge in [0.15, 0.2) is 5.82 Å². The van der Waals surface area contributed by atoms with E-state index in [0.717, 1.165) is 42.6 Å². The lowest BCUT2D eigenvalue weighted by atomic mass is 10.1. The third-order valence-electron chi connectivity index (χ3n) is 6.85. The molecule has 1 atom stereocenters. The average Bonchev–Trinajstić information content (AvgIpc) is 3.52. The molecule has 2 aliphatic rings. The van der Waals surface area contributed by atoms with Gasteiger partial charge >= 0.3 is 0 Å². The van der Waals surface area contributed by atoms with E-state index in [-0.39, 0.29) is 0 Å². The average molecular weight is 461 g/mol. The predicted molar refractivity (Wildman–Crippen MR) is 128 cm³/mol. The molecule has 4 heterocycles. The van der Waals surface area contributed by atoms with E-state index < -0.39 is 11.6 Å².